The van der Waals surface area contributed by atoms with Gasteiger partial charge in [0.05, 0.1) is 6.42 Å². The molecule has 0 amide bonds. The highest BCUT2D eigenvalue weighted by molar-refractivity contribution is 5.73. The zero-order valence-corrected chi connectivity index (χ0v) is 13.4. The normalized spacial score (nSPS) is 14.3. The molecule has 1 atom stereocenters. The third-order valence-electron chi connectivity index (χ3n) is 3.66. The van der Waals surface area contributed by atoms with E-state index in [-0.39, 0.29) is 5.97 Å². The van der Waals surface area contributed by atoms with Crippen molar-refractivity contribution in [3.05, 3.63) is 60.2 Å². The van der Waals surface area contributed by atoms with Gasteiger partial charge >= 0.3 is 5.97 Å². The van der Waals surface area contributed by atoms with Gasteiger partial charge in [-0.2, -0.15) is 0 Å². The number of ether oxygens (including phenoxy) is 1. The molecule has 114 valence electrons. The minimum absolute atomic E-state index is 0.209. The first kappa shape index (κ1) is 17.2. The van der Waals surface area contributed by atoms with Gasteiger partial charge < -0.3 is 4.74 Å². The Balaban J connectivity index is 2.55. The molecule has 0 radical (unpaired) electrons. The Morgan fingerprint density at radius 3 is 2.57 bits per heavy atom. The van der Waals surface area contributed by atoms with Gasteiger partial charge in [0.15, 0.2) is 0 Å². The van der Waals surface area contributed by atoms with E-state index in [0.717, 1.165) is 24.8 Å². The maximum Gasteiger partial charge on any atom is 0.311 e. The van der Waals surface area contributed by atoms with Gasteiger partial charge in [-0.25, -0.2) is 0 Å². The Kier molecular flexibility index (Phi) is 6.93. The number of esters is 1. The topological polar surface area (TPSA) is 26.3 Å². The molecule has 0 aliphatic rings. The van der Waals surface area contributed by atoms with Crippen molar-refractivity contribution in [1.29, 1.82) is 0 Å². The van der Waals surface area contributed by atoms with Crippen molar-refractivity contribution in [1.82, 2.24) is 0 Å². The van der Waals surface area contributed by atoms with E-state index in [9.17, 15) is 4.79 Å². The highest BCUT2D eigenvalue weighted by Crippen LogP contribution is 2.21. The van der Waals surface area contributed by atoms with Crippen molar-refractivity contribution in [2.45, 2.75) is 52.1 Å². The van der Waals surface area contributed by atoms with Gasteiger partial charge in [-0.05, 0) is 44.7 Å². The fourth-order valence-corrected chi connectivity index (χ4v) is 2.00. The molecule has 21 heavy (non-hydrogen) atoms. The van der Waals surface area contributed by atoms with Crippen LogP contribution >= 0.6 is 0 Å². The summed E-state index contributed by atoms with van der Waals surface area (Å²) in [4.78, 5) is 12.1. The van der Waals surface area contributed by atoms with Gasteiger partial charge in [0.1, 0.15) is 5.60 Å². The van der Waals surface area contributed by atoms with E-state index in [1.165, 1.54) is 5.57 Å². The summed E-state index contributed by atoms with van der Waals surface area (Å²) in [6.45, 7) is 9.98. The van der Waals surface area contributed by atoms with Crippen LogP contribution in [0.15, 0.2) is 54.6 Å². The molecule has 0 fully saturated rings. The van der Waals surface area contributed by atoms with E-state index >= 15 is 0 Å². The molecule has 0 saturated heterocycles. The first-order valence-corrected chi connectivity index (χ1v) is 7.54. The number of allylic oxidation sites excluding steroid dienone is 2. The second-order valence-electron chi connectivity index (χ2n) is 5.60. The monoisotopic (exact) mass is 286 g/mol. The Morgan fingerprint density at radius 2 is 2.00 bits per heavy atom. The molecule has 0 aromatic heterocycles. The summed E-state index contributed by atoms with van der Waals surface area (Å²) in [5.74, 6) is -0.209. The third kappa shape index (κ3) is 6.44. The van der Waals surface area contributed by atoms with E-state index in [0.29, 0.717) is 6.42 Å². The van der Waals surface area contributed by atoms with Crippen LogP contribution in [-0.2, 0) is 16.0 Å². The zero-order valence-electron chi connectivity index (χ0n) is 13.4. The molecule has 1 aromatic rings. The van der Waals surface area contributed by atoms with Crippen molar-refractivity contribution in [2.24, 2.45) is 0 Å². The fourth-order valence-electron chi connectivity index (χ4n) is 2.00. The summed E-state index contributed by atoms with van der Waals surface area (Å²) < 4.78 is 5.62. The largest absolute Gasteiger partial charge is 0.455 e. The molecule has 0 bridgehead atoms. The highest BCUT2D eigenvalue weighted by Gasteiger charge is 2.24. The Labute approximate surface area is 128 Å². The third-order valence-corrected chi connectivity index (χ3v) is 3.66. The lowest BCUT2D eigenvalue weighted by Gasteiger charge is -2.25. The maximum absolute atomic E-state index is 12.1. The van der Waals surface area contributed by atoms with Crippen LogP contribution in [0.4, 0.5) is 0 Å². The lowest BCUT2D eigenvalue weighted by Crippen LogP contribution is -2.30. The molecule has 0 aliphatic heterocycles. The number of hydrogen-bond donors (Lipinski definition) is 0. The van der Waals surface area contributed by atoms with E-state index < -0.39 is 5.60 Å². The van der Waals surface area contributed by atoms with Gasteiger partial charge in [-0.15, -0.1) is 0 Å². The van der Waals surface area contributed by atoms with Crippen LogP contribution in [0.25, 0.3) is 0 Å². The van der Waals surface area contributed by atoms with Gasteiger partial charge in [0.2, 0.25) is 0 Å². The average Bonchev–Trinajstić information content (AvgIpc) is 2.47. The fraction of sp³-hybridized carbons (Fsp3) is 0.421. The van der Waals surface area contributed by atoms with Gasteiger partial charge in [0.25, 0.3) is 0 Å². The molecule has 0 N–H and O–H groups in total. The summed E-state index contributed by atoms with van der Waals surface area (Å²) in [7, 11) is 0. The number of rotatable bonds is 8. The molecule has 2 nitrogen and oxygen atoms in total. The zero-order chi connectivity index (χ0) is 15.7. The molecule has 0 spiro atoms. The van der Waals surface area contributed by atoms with Crippen LogP contribution in [0.5, 0.6) is 0 Å². The number of hydrogen-bond acceptors (Lipinski definition) is 2. The molecule has 1 unspecified atom stereocenters. The molecule has 2 heteroatoms. The summed E-state index contributed by atoms with van der Waals surface area (Å²) in [5, 5.41) is 0. The molecular formula is C19H26O2. The van der Waals surface area contributed by atoms with Crippen LogP contribution in [-0.4, -0.2) is 11.6 Å². The average molecular weight is 286 g/mol. The first-order valence-electron chi connectivity index (χ1n) is 7.54. The molecule has 1 rings (SSSR count). The minimum atomic E-state index is -0.601. The SMILES string of the molecule is C=CC(C)(CC/C=C(/C)CC)OC(=O)Cc1ccccc1. The van der Waals surface area contributed by atoms with Crippen molar-refractivity contribution in [3.63, 3.8) is 0 Å². The van der Waals surface area contributed by atoms with Crippen molar-refractivity contribution in [3.8, 4) is 0 Å². The predicted molar refractivity (Wildman–Crippen MR) is 88.1 cm³/mol. The van der Waals surface area contributed by atoms with Gasteiger partial charge in [-0.1, -0.05) is 55.5 Å². The first-order chi connectivity index (χ1) is 9.99. The molecule has 0 aliphatic carbocycles. The highest BCUT2D eigenvalue weighted by atomic mass is 16.6. The van der Waals surface area contributed by atoms with Crippen LogP contribution in [0.1, 0.15) is 45.6 Å². The molecular weight excluding hydrogens is 260 g/mol. The summed E-state index contributed by atoms with van der Waals surface area (Å²) in [6, 6.07) is 9.64. The molecule has 1 aromatic carbocycles. The maximum atomic E-state index is 12.1. The van der Waals surface area contributed by atoms with E-state index in [2.05, 4.69) is 26.5 Å². The van der Waals surface area contributed by atoms with Crippen LogP contribution in [0.3, 0.4) is 0 Å². The van der Waals surface area contributed by atoms with Gasteiger partial charge in [-0.3, -0.25) is 4.79 Å². The summed E-state index contributed by atoms with van der Waals surface area (Å²) in [5.41, 5.74) is 1.73. The Bertz CT molecular complexity index is 488. The number of carbonyl (C=O) groups is 1. The lowest BCUT2D eigenvalue weighted by molar-refractivity contribution is -0.153. The van der Waals surface area contributed by atoms with Crippen molar-refractivity contribution in [2.75, 3.05) is 0 Å². The van der Waals surface area contributed by atoms with Gasteiger partial charge in [0, 0.05) is 0 Å². The standard InChI is InChI=1S/C19H26O2/c1-5-16(3)11-10-14-19(4,6-2)21-18(20)15-17-12-8-7-9-13-17/h6-9,11-13H,2,5,10,14-15H2,1,3-4H3/b16-11-. The van der Waals surface area contributed by atoms with E-state index in [1.54, 1.807) is 6.08 Å². The van der Waals surface area contributed by atoms with Crippen molar-refractivity contribution >= 4 is 5.97 Å². The lowest BCUT2D eigenvalue weighted by atomic mass is 9.98. The number of benzene rings is 1. The van der Waals surface area contributed by atoms with Crippen LogP contribution < -0.4 is 0 Å². The smallest absolute Gasteiger partial charge is 0.311 e. The Hall–Kier alpha value is -1.83. The summed E-state index contributed by atoms with van der Waals surface area (Å²) in [6.07, 6.45) is 6.93. The second kappa shape index (κ2) is 8.46. The predicted octanol–water partition coefficient (Wildman–Crippen LogP) is 4.85. The minimum Gasteiger partial charge on any atom is -0.455 e. The van der Waals surface area contributed by atoms with E-state index in [1.807, 2.05) is 37.3 Å². The Morgan fingerprint density at radius 1 is 1.33 bits per heavy atom. The van der Waals surface area contributed by atoms with E-state index in [4.69, 9.17) is 4.74 Å². The molecule has 0 heterocycles. The quantitative estimate of drug-likeness (QED) is 0.504. The van der Waals surface area contributed by atoms with Crippen LogP contribution in [0.2, 0.25) is 0 Å². The second-order valence-corrected chi connectivity index (χ2v) is 5.60. The number of carbonyl (C=O) groups excluding carboxylic acids is 1. The van der Waals surface area contributed by atoms with Crippen LogP contribution in [0, 0.1) is 0 Å². The van der Waals surface area contributed by atoms with Crippen molar-refractivity contribution < 1.29 is 9.53 Å². The molecule has 0 saturated carbocycles. The summed E-state index contributed by atoms with van der Waals surface area (Å²) >= 11 is 0.